The maximum atomic E-state index is 12.8. The predicted octanol–water partition coefficient (Wildman–Crippen LogP) is 2.04. The number of imide groups is 1. The highest BCUT2D eigenvalue weighted by Gasteiger charge is 2.48. The van der Waals surface area contributed by atoms with Crippen molar-refractivity contribution in [3.8, 4) is 0 Å². The third-order valence-corrected chi connectivity index (χ3v) is 5.58. The third-order valence-electron chi connectivity index (χ3n) is 5.58. The molecule has 8 nitrogen and oxygen atoms in total. The van der Waals surface area contributed by atoms with Crippen LogP contribution in [0.15, 0.2) is 24.3 Å². The molecule has 0 aliphatic carbocycles. The Morgan fingerprint density at radius 1 is 1.29 bits per heavy atom. The molecule has 8 heteroatoms. The van der Waals surface area contributed by atoms with Crippen molar-refractivity contribution in [2.75, 3.05) is 19.6 Å². The van der Waals surface area contributed by atoms with Crippen LogP contribution in [0.25, 0.3) is 11.0 Å². The van der Waals surface area contributed by atoms with Crippen molar-refractivity contribution in [3.05, 3.63) is 30.1 Å². The second kappa shape index (κ2) is 6.61. The summed E-state index contributed by atoms with van der Waals surface area (Å²) in [4.78, 5) is 44.4. The summed E-state index contributed by atoms with van der Waals surface area (Å²) in [5.41, 5.74) is 0.791. The van der Waals surface area contributed by atoms with Crippen molar-refractivity contribution in [3.63, 3.8) is 0 Å². The number of benzene rings is 1. The number of nitrogens with zero attached hydrogens (tertiary/aromatic N) is 4. The van der Waals surface area contributed by atoms with Gasteiger partial charge in [-0.1, -0.05) is 12.1 Å². The molecule has 1 aromatic heterocycles. The minimum atomic E-state index is -1.21. The van der Waals surface area contributed by atoms with E-state index in [1.807, 2.05) is 31.3 Å². The molecule has 0 spiro atoms. The van der Waals surface area contributed by atoms with Crippen LogP contribution in [0.3, 0.4) is 0 Å². The van der Waals surface area contributed by atoms with Crippen molar-refractivity contribution in [1.29, 1.82) is 0 Å². The van der Waals surface area contributed by atoms with Gasteiger partial charge in [0.25, 0.3) is 5.91 Å². The van der Waals surface area contributed by atoms with Gasteiger partial charge in [-0.05, 0) is 38.8 Å². The van der Waals surface area contributed by atoms with E-state index in [1.165, 1.54) is 13.8 Å². The largest absolute Gasteiger partial charge is 0.433 e. The molecule has 0 saturated carbocycles. The number of likely N-dealkylation sites (tertiary alicyclic amines) is 1. The van der Waals surface area contributed by atoms with E-state index in [1.54, 1.807) is 4.90 Å². The highest BCUT2D eigenvalue weighted by Crippen LogP contribution is 2.29. The molecule has 4 rings (SSSR count). The number of aromatic nitrogens is 2. The lowest BCUT2D eigenvalue weighted by Gasteiger charge is -2.33. The lowest BCUT2D eigenvalue weighted by molar-refractivity contribution is -0.140. The first-order chi connectivity index (χ1) is 13.3. The Morgan fingerprint density at radius 2 is 2.04 bits per heavy atom. The summed E-state index contributed by atoms with van der Waals surface area (Å²) < 4.78 is 7.14. The smallest absolute Gasteiger partial charge is 0.418 e. The van der Waals surface area contributed by atoms with Crippen molar-refractivity contribution < 1.29 is 19.1 Å². The van der Waals surface area contributed by atoms with E-state index in [4.69, 9.17) is 9.72 Å². The van der Waals surface area contributed by atoms with Crippen LogP contribution >= 0.6 is 0 Å². The number of para-hydroxylation sites is 2. The number of imidazole rings is 1. The minimum absolute atomic E-state index is 0.118. The van der Waals surface area contributed by atoms with Crippen LogP contribution < -0.4 is 0 Å². The minimum Gasteiger partial charge on any atom is -0.433 e. The van der Waals surface area contributed by atoms with Gasteiger partial charge in [-0.15, -0.1) is 0 Å². The van der Waals surface area contributed by atoms with E-state index in [2.05, 4.69) is 4.57 Å². The van der Waals surface area contributed by atoms with Gasteiger partial charge in [0.2, 0.25) is 5.91 Å². The quantitative estimate of drug-likeness (QED) is 0.808. The molecule has 2 saturated heterocycles. The second-order valence-corrected chi connectivity index (χ2v) is 7.97. The number of hydrogen-bond acceptors (Lipinski definition) is 5. The van der Waals surface area contributed by atoms with Gasteiger partial charge in [-0.3, -0.25) is 9.59 Å². The number of piperidine rings is 1. The zero-order valence-corrected chi connectivity index (χ0v) is 16.3. The molecule has 3 amide bonds. The van der Waals surface area contributed by atoms with Crippen molar-refractivity contribution in [1.82, 2.24) is 19.4 Å². The van der Waals surface area contributed by atoms with Crippen molar-refractivity contribution in [2.24, 2.45) is 7.05 Å². The molecule has 2 aliphatic heterocycles. The molecule has 0 bridgehead atoms. The number of fused-ring (bicyclic) bond motifs is 1. The fraction of sp³-hybridized carbons (Fsp3) is 0.500. The Hall–Kier alpha value is -2.90. The number of hydrogen-bond donors (Lipinski definition) is 0. The van der Waals surface area contributed by atoms with Gasteiger partial charge in [-0.25, -0.2) is 14.7 Å². The van der Waals surface area contributed by atoms with Crippen LogP contribution in [-0.4, -0.2) is 62.5 Å². The van der Waals surface area contributed by atoms with Crippen LogP contribution in [0.2, 0.25) is 0 Å². The lowest BCUT2D eigenvalue weighted by Crippen LogP contribution is -2.47. The number of aryl methyl sites for hydroxylation is 1. The average Bonchev–Trinajstić information content (AvgIpc) is 3.10. The van der Waals surface area contributed by atoms with Crippen molar-refractivity contribution >= 4 is 28.9 Å². The molecule has 28 heavy (non-hydrogen) atoms. The lowest BCUT2D eigenvalue weighted by atomic mass is 9.97. The highest BCUT2D eigenvalue weighted by atomic mass is 16.6. The monoisotopic (exact) mass is 384 g/mol. The standard InChI is InChI=1S/C20H24N4O4/c1-20(2)18(26)24(19(27)28-20)12-16(25)23-10-6-7-13(11-23)17-21-14-8-4-5-9-15(14)22(17)3/h4-5,8-9,13H,6-7,10-12H2,1-3H3. The van der Waals surface area contributed by atoms with Crippen LogP contribution in [0.4, 0.5) is 4.79 Å². The fourth-order valence-electron chi connectivity index (χ4n) is 4.04. The molecule has 1 aromatic carbocycles. The number of rotatable bonds is 3. The Balaban J connectivity index is 1.49. The van der Waals surface area contributed by atoms with Crippen LogP contribution in [0.5, 0.6) is 0 Å². The van der Waals surface area contributed by atoms with E-state index in [0.29, 0.717) is 13.1 Å². The molecule has 1 atom stereocenters. The Bertz CT molecular complexity index is 964. The van der Waals surface area contributed by atoms with Crippen LogP contribution in [0.1, 0.15) is 38.4 Å². The van der Waals surface area contributed by atoms with Crippen molar-refractivity contribution in [2.45, 2.75) is 38.2 Å². The van der Waals surface area contributed by atoms with E-state index in [0.717, 1.165) is 34.6 Å². The molecule has 2 aromatic rings. The van der Waals surface area contributed by atoms with E-state index in [-0.39, 0.29) is 18.4 Å². The summed E-state index contributed by atoms with van der Waals surface area (Å²) in [5, 5.41) is 0. The van der Waals surface area contributed by atoms with Gasteiger partial charge in [0, 0.05) is 26.1 Å². The molecule has 2 fully saturated rings. The van der Waals surface area contributed by atoms with Crippen LogP contribution in [0, 0.1) is 0 Å². The topological polar surface area (TPSA) is 84.7 Å². The second-order valence-electron chi connectivity index (χ2n) is 7.97. The Morgan fingerprint density at radius 3 is 2.71 bits per heavy atom. The summed E-state index contributed by atoms with van der Waals surface area (Å²) in [6, 6.07) is 7.96. The molecular weight excluding hydrogens is 360 g/mol. The summed E-state index contributed by atoms with van der Waals surface area (Å²) in [6.07, 6.45) is 1.04. The average molecular weight is 384 g/mol. The zero-order valence-electron chi connectivity index (χ0n) is 16.3. The zero-order chi connectivity index (χ0) is 20.1. The molecule has 0 N–H and O–H groups in total. The number of carbonyl (C=O) groups is 3. The highest BCUT2D eigenvalue weighted by molar-refractivity contribution is 6.04. The van der Waals surface area contributed by atoms with Gasteiger partial charge in [0.15, 0.2) is 5.60 Å². The SMILES string of the molecule is Cn1c(C2CCCN(C(=O)CN3C(=O)OC(C)(C)C3=O)C2)nc2ccccc21. The summed E-state index contributed by atoms with van der Waals surface area (Å²) in [5.74, 6) is 0.352. The maximum absolute atomic E-state index is 12.8. The molecule has 0 radical (unpaired) electrons. The Kier molecular flexibility index (Phi) is 4.36. The number of amides is 3. The third kappa shape index (κ3) is 3.02. The first-order valence-corrected chi connectivity index (χ1v) is 9.52. The summed E-state index contributed by atoms with van der Waals surface area (Å²) in [7, 11) is 1.99. The molecule has 3 heterocycles. The van der Waals surface area contributed by atoms with Gasteiger partial charge in [0.05, 0.1) is 11.0 Å². The number of ether oxygens (including phenoxy) is 1. The summed E-state index contributed by atoms with van der Waals surface area (Å²) in [6.45, 7) is 3.91. The van der Waals surface area contributed by atoms with E-state index in [9.17, 15) is 14.4 Å². The number of cyclic esters (lactones) is 1. The Labute approximate surface area is 163 Å². The van der Waals surface area contributed by atoms with Gasteiger partial charge < -0.3 is 14.2 Å². The molecule has 1 unspecified atom stereocenters. The molecular formula is C20H24N4O4. The van der Waals surface area contributed by atoms with Crippen LogP contribution in [-0.2, 0) is 21.4 Å². The van der Waals surface area contributed by atoms with E-state index >= 15 is 0 Å². The van der Waals surface area contributed by atoms with Gasteiger partial charge in [-0.2, -0.15) is 0 Å². The van der Waals surface area contributed by atoms with E-state index < -0.39 is 17.6 Å². The predicted molar refractivity (Wildman–Crippen MR) is 102 cm³/mol. The molecule has 148 valence electrons. The first kappa shape index (κ1) is 18.5. The normalized spacial score (nSPS) is 22.0. The van der Waals surface area contributed by atoms with Gasteiger partial charge >= 0.3 is 6.09 Å². The fourth-order valence-corrected chi connectivity index (χ4v) is 4.04. The first-order valence-electron chi connectivity index (χ1n) is 9.52. The summed E-state index contributed by atoms with van der Waals surface area (Å²) >= 11 is 0. The maximum Gasteiger partial charge on any atom is 0.418 e. The number of carbonyl (C=O) groups excluding carboxylic acids is 3. The molecule has 2 aliphatic rings. The van der Waals surface area contributed by atoms with Gasteiger partial charge in [0.1, 0.15) is 12.4 Å².